The minimum Gasteiger partial charge on any atom is -0.478 e. The Balaban J connectivity index is 2.08. The summed E-state index contributed by atoms with van der Waals surface area (Å²) in [6, 6.07) is 8.51. The Morgan fingerprint density at radius 2 is 1.87 bits per heavy atom. The fourth-order valence-electron chi connectivity index (χ4n) is 2.23. The minimum atomic E-state index is -1.05. The van der Waals surface area contributed by atoms with Gasteiger partial charge in [-0.05, 0) is 44.5 Å². The third-order valence-corrected chi connectivity index (χ3v) is 4.01. The van der Waals surface area contributed by atoms with E-state index in [1.807, 2.05) is 26.0 Å². The maximum absolute atomic E-state index is 12.4. The first-order valence-corrected chi connectivity index (χ1v) is 7.46. The molecule has 1 heterocycles. The Labute approximate surface area is 139 Å². The molecule has 0 aliphatic heterocycles. The zero-order valence-electron chi connectivity index (χ0n) is 13.1. The molecule has 23 heavy (non-hydrogen) atoms. The molecule has 2 N–H and O–H groups in total. The van der Waals surface area contributed by atoms with Gasteiger partial charge in [-0.2, -0.15) is 0 Å². The van der Waals surface area contributed by atoms with E-state index in [1.54, 1.807) is 19.1 Å². The highest BCUT2D eigenvalue weighted by atomic mass is 35.5. The predicted octanol–water partition coefficient (Wildman–Crippen LogP) is 3.53. The van der Waals surface area contributed by atoms with Gasteiger partial charge in [0.25, 0.3) is 0 Å². The molecule has 1 aromatic heterocycles. The number of aromatic carboxylic acids is 1. The van der Waals surface area contributed by atoms with Crippen LogP contribution in [0.25, 0.3) is 0 Å². The van der Waals surface area contributed by atoms with Gasteiger partial charge in [-0.1, -0.05) is 23.7 Å². The van der Waals surface area contributed by atoms with Crippen LogP contribution >= 0.6 is 11.6 Å². The molecule has 122 valence electrons. The summed E-state index contributed by atoms with van der Waals surface area (Å²) < 4.78 is 5.35. The third-order valence-electron chi connectivity index (χ3n) is 3.76. The number of hydrogen-bond donors (Lipinski definition) is 2. The molecule has 0 aliphatic rings. The number of carbonyl (C=O) groups is 2. The predicted molar refractivity (Wildman–Crippen MR) is 86.7 cm³/mol. The number of hydrogen-bond acceptors (Lipinski definition) is 3. The van der Waals surface area contributed by atoms with Crippen molar-refractivity contribution in [1.82, 2.24) is 5.32 Å². The van der Waals surface area contributed by atoms with Crippen LogP contribution in [0, 0.1) is 6.92 Å². The average molecular weight is 336 g/mol. The molecule has 6 heteroatoms. The number of amides is 1. The Kier molecular flexibility index (Phi) is 4.80. The van der Waals surface area contributed by atoms with Crippen LogP contribution in [0.4, 0.5) is 0 Å². The van der Waals surface area contributed by atoms with Crippen molar-refractivity contribution in [1.29, 1.82) is 0 Å². The summed E-state index contributed by atoms with van der Waals surface area (Å²) in [6.45, 7) is 5.32. The summed E-state index contributed by atoms with van der Waals surface area (Å²) in [5, 5.41) is 12.4. The standard InChI is InChI=1S/C17H18ClNO4/c1-10-14(15(20)21)8-13(23-10)9-19-16(22)17(2,3)11-4-6-12(18)7-5-11/h4-8H,9H2,1-3H3,(H,19,22)(H,20,21). The summed E-state index contributed by atoms with van der Waals surface area (Å²) in [5.41, 5.74) is 0.189. The van der Waals surface area contributed by atoms with Gasteiger partial charge in [-0.3, -0.25) is 4.79 Å². The maximum atomic E-state index is 12.4. The number of halogens is 1. The zero-order chi connectivity index (χ0) is 17.2. The first kappa shape index (κ1) is 17.1. The summed E-state index contributed by atoms with van der Waals surface area (Å²) in [5.74, 6) is -0.519. The van der Waals surface area contributed by atoms with E-state index >= 15 is 0 Å². The van der Waals surface area contributed by atoms with Gasteiger partial charge < -0.3 is 14.8 Å². The molecule has 0 spiro atoms. The molecule has 0 aliphatic carbocycles. The fourth-order valence-corrected chi connectivity index (χ4v) is 2.36. The van der Waals surface area contributed by atoms with Crippen LogP contribution in [0.5, 0.6) is 0 Å². The van der Waals surface area contributed by atoms with Crippen molar-refractivity contribution in [3.05, 3.63) is 58.0 Å². The van der Waals surface area contributed by atoms with E-state index in [4.69, 9.17) is 21.1 Å². The Hall–Kier alpha value is -2.27. The number of rotatable bonds is 5. The smallest absolute Gasteiger partial charge is 0.339 e. The number of carboxylic acids is 1. The van der Waals surface area contributed by atoms with Crippen LogP contribution in [0.3, 0.4) is 0 Å². The molecule has 0 bridgehead atoms. The first-order chi connectivity index (χ1) is 10.7. The molecule has 0 radical (unpaired) electrons. The van der Waals surface area contributed by atoms with Crippen molar-refractivity contribution in [2.45, 2.75) is 32.7 Å². The van der Waals surface area contributed by atoms with Gasteiger partial charge >= 0.3 is 5.97 Å². The van der Waals surface area contributed by atoms with Gasteiger partial charge in [-0.15, -0.1) is 0 Å². The molecule has 0 unspecified atom stereocenters. The number of furan rings is 1. The number of benzene rings is 1. The summed E-state index contributed by atoms with van der Waals surface area (Å²) in [6.07, 6.45) is 0. The molecule has 5 nitrogen and oxygen atoms in total. The zero-order valence-corrected chi connectivity index (χ0v) is 13.9. The monoisotopic (exact) mass is 335 g/mol. The maximum Gasteiger partial charge on any atom is 0.339 e. The molecule has 2 rings (SSSR count). The van der Waals surface area contributed by atoms with Crippen molar-refractivity contribution < 1.29 is 19.1 Å². The lowest BCUT2D eigenvalue weighted by Gasteiger charge is -2.24. The van der Waals surface area contributed by atoms with Gasteiger partial charge in [-0.25, -0.2) is 4.79 Å². The molecule has 0 atom stereocenters. The molecule has 1 amide bonds. The Morgan fingerprint density at radius 3 is 2.39 bits per heavy atom. The highest BCUT2D eigenvalue weighted by Gasteiger charge is 2.29. The minimum absolute atomic E-state index is 0.103. The lowest BCUT2D eigenvalue weighted by molar-refractivity contribution is -0.125. The summed E-state index contributed by atoms with van der Waals surface area (Å²) in [7, 11) is 0. The highest BCUT2D eigenvalue weighted by molar-refractivity contribution is 6.30. The van der Waals surface area contributed by atoms with E-state index in [0.29, 0.717) is 16.5 Å². The fraction of sp³-hybridized carbons (Fsp3) is 0.294. The van der Waals surface area contributed by atoms with Crippen LogP contribution in [-0.4, -0.2) is 17.0 Å². The molecule has 0 fully saturated rings. The Bertz CT molecular complexity index is 732. The van der Waals surface area contributed by atoms with Crippen LogP contribution in [0.2, 0.25) is 5.02 Å². The number of carboxylic acid groups (broad SMARTS) is 1. The van der Waals surface area contributed by atoms with E-state index < -0.39 is 11.4 Å². The van der Waals surface area contributed by atoms with Crippen molar-refractivity contribution in [2.75, 3.05) is 0 Å². The van der Waals surface area contributed by atoms with Gasteiger partial charge in [0.2, 0.25) is 5.91 Å². The van der Waals surface area contributed by atoms with Crippen molar-refractivity contribution in [3.63, 3.8) is 0 Å². The topological polar surface area (TPSA) is 79.5 Å². The lowest BCUT2D eigenvalue weighted by atomic mass is 9.84. The van der Waals surface area contributed by atoms with E-state index in [1.165, 1.54) is 6.07 Å². The summed E-state index contributed by atoms with van der Waals surface area (Å²) >= 11 is 5.86. The largest absolute Gasteiger partial charge is 0.478 e. The number of nitrogens with one attached hydrogen (secondary N) is 1. The van der Waals surface area contributed by atoms with Crippen molar-refractivity contribution >= 4 is 23.5 Å². The van der Waals surface area contributed by atoms with Crippen molar-refractivity contribution in [2.24, 2.45) is 0 Å². The number of carbonyl (C=O) groups excluding carboxylic acids is 1. The van der Waals surface area contributed by atoms with Crippen LogP contribution < -0.4 is 5.32 Å². The average Bonchev–Trinajstić information content (AvgIpc) is 2.86. The second kappa shape index (κ2) is 6.46. The molecule has 2 aromatic rings. The second-order valence-corrected chi connectivity index (χ2v) is 6.24. The molecule has 0 saturated carbocycles. The van der Waals surface area contributed by atoms with Crippen LogP contribution in [0.15, 0.2) is 34.7 Å². The summed E-state index contributed by atoms with van der Waals surface area (Å²) in [4.78, 5) is 23.4. The molecule has 1 aromatic carbocycles. The first-order valence-electron chi connectivity index (χ1n) is 7.08. The SMILES string of the molecule is Cc1oc(CNC(=O)C(C)(C)c2ccc(Cl)cc2)cc1C(=O)O. The lowest BCUT2D eigenvalue weighted by Crippen LogP contribution is -2.39. The Morgan fingerprint density at radius 1 is 1.26 bits per heavy atom. The van der Waals surface area contributed by atoms with Crippen LogP contribution in [0.1, 0.15) is 41.3 Å². The van der Waals surface area contributed by atoms with E-state index in [9.17, 15) is 9.59 Å². The highest BCUT2D eigenvalue weighted by Crippen LogP contribution is 2.25. The normalized spacial score (nSPS) is 11.3. The molecular formula is C17H18ClNO4. The van der Waals surface area contributed by atoms with Gasteiger partial charge in [0.1, 0.15) is 17.1 Å². The molecular weight excluding hydrogens is 318 g/mol. The van der Waals surface area contributed by atoms with Crippen LogP contribution in [-0.2, 0) is 16.8 Å². The van der Waals surface area contributed by atoms with E-state index in [-0.39, 0.29) is 18.0 Å². The second-order valence-electron chi connectivity index (χ2n) is 5.80. The van der Waals surface area contributed by atoms with Gasteiger partial charge in [0.05, 0.1) is 12.0 Å². The number of aryl methyl sites for hydroxylation is 1. The quantitative estimate of drug-likeness (QED) is 0.876. The third kappa shape index (κ3) is 3.74. The van der Waals surface area contributed by atoms with Crippen molar-refractivity contribution in [3.8, 4) is 0 Å². The van der Waals surface area contributed by atoms with E-state index in [0.717, 1.165) is 5.56 Å². The van der Waals surface area contributed by atoms with Gasteiger partial charge in [0, 0.05) is 5.02 Å². The van der Waals surface area contributed by atoms with E-state index in [2.05, 4.69) is 5.32 Å². The molecule has 0 saturated heterocycles. The van der Waals surface area contributed by atoms with Gasteiger partial charge in [0.15, 0.2) is 0 Å².